The van der Waals surface area contributed by atoms with E-state index in [1.165, 1.54) is 13.2 Å². The summed E-state index contributed by atoms with van der Waals surface area (Å²) in [6.45, 7) is 7.55. The number of benzene rings is 1. The van der Waals surface area contributed by atoms with E-state index in [-0.39, 0.29) is 23.8 Å². The summed E-state index contributed by atoms with van der Waals surface area (Å²) >= 11 is 0. The Kier molecular flexibility index (Phi) is 4.58. The van der Waals surface area contributed by atoms with Gasteiger partial charge in [0.15, 0.2) is 5.43 Å². The van der Waals surface area contributed by atoms with Crippen LogP contribution >= 0.6 is 0 Å². The van der Waals surface area contributed by atoms with Crippen LogP contribution in [0.3, 0.4) is 0 Å². The molecule has 1 saturated heterocycles. The summed E-state index contributed by atoms with van der Waals surface area (Å²) in [6.07, 6.45) is 1.52. The Morgan fingerprint density at radius 3 is 2.47 bits per heavy atom. The van der Waals surface area contributed by atoms with Gasteiger partial charge < -0.3 is 18.6 Å². The molecule has 0 radical (unpaired) electrons. The first kappa shape index (κ1) is 20.6. The second-order valence-electron chi connectivity index (χ2n) is 8.85. The zero-order valence-corrected chi connectivity index (χ0v) is 17.9. The molecule has 2 fully saturated rings. The van der Waals surface area contributed by atoms with Crippen LogP contribution in [-0.2, 0) is 32.1 Å². The maximum absolute atomic E-state index is 13.3. The molecule has 0 N–H and O–H groups in total. The highest BCUT2D eigenvalue weighted by atomic mass is 16.6. The van der Waals surface area contributed by atoms with Gasteiger partial charge in [-0.05, 0) is 31.9 Å². The number of esters is 2. The Balaban J connectivity index is 1.79. The quantitative estimate of drug-likeness (QED) is 0.546. The van der Waals surface area contributed by atoms with Crippen molar-refractivity contribution in [3.05, 3.63) is 39.7 Å². The van der Waals surface area contributed by atoms with Gasteiger partial charge in [-0.25, -0.2) is 4.79 Å². The highest BCUT2D eigenvalue weighted by molar-refractivity contribution is 5.95. The number of rotatable bonds is 5. The van der Waals surface area contributed by atoms with Crippen molar-refractivity contribution < 1.29 is 28.2 Å². The van der Waals surface area contributed by atoms with Gasteiger partial charge in [-0.3, -0.25) is 9.59 Å². The minimum atomic E-state index is -1.34. The maximum atomic E-state index is 13.3. The van der Waals surface area contributed by atoms with Gasteiger partial charge in [-0.2, -0.15) is 0 Å². The average molecular weight is 414 g/mol. The van der Waals surface area contributed by atoms with Crippen molar-refractivity contribution in [2.75, 3.05) is 7.11 Å². The van der Waals surface area contributed by atoms with Crippen molar-refractivity contribution in [3.63, 3.8) is 0 Å². The van der Waals surface area contributed by atoms with Gasteiger partial charge in [0.1, 0.15) is 17.1 Å². The first-order valence-corrected chi connectivity index (χ1v) is 10.1. The summed E-state index contributed by atoms with van der Waals surface area (Å²) in [6, 6.07) is 4.60. The normalized spacial score (nSPS) is 26.8. The third kappa shape index (κ3) is 2.51. The second kappa shape index (κ2) is 6.67. The fourth-order valence-electron chi connectivity index (χ4n) is 4.74. The van der Waals surface area contributed by atoms with Crippen LogP contribution in [0, 0.1) is 10.8 Å². The lowest BCUT2D eigenvalue weighted by atomic mass is 9.66. The minimum absolute atomic E-state index is 0.0873. The molecule has 1 aromatic heterocycles. The van der Waals surface area contributed by atoms with Gasteiger partial charge in [0.2, 0.25) is 5.60 Å². The van der Waals surface area contributed by atoms with Crippen LogP contribution < -0.4 is 10.2 Å². The number of fused-ring (bicyclic) bond motifs is 3. The highest BCUT2D eigenvalue weighted by Gasteiger charge is 2.76. The molecule has 0 unspecified atom stereocenters. The number of ether oxygens (including phenoxy) is 3. The lowest BCUT2D eigenvalue weighted by Crippen LogP contribution is -2.50. The summed E-state index contributed by atoms with van der Waals surface area (Å²) in [5.41, 5.74) is -2.15. The molecular weight excluding hydrogens is 388 g/mol. The summed E-state index contributed by atoms with van der Waals surface area (Å²) in [5, 5.41) is 0.387. The third-order valence-corrected chi connectivity index (χ3v) is 7.26. The van der Waals surface area contributed by atoms with Gasteiger partial charge in [0.25, 0.3) is 0 Å². The molecule has 7 nitrogen and oxygen atoms in total. The van der Waals surface area contributed by atoms with Crippen molar-refractivity contribution in [1.82, 2.24) is 0 Å². The summed E-state index contributed by atoms with van der Waals surface area (Å²) < 4.78 is 22.6. The van der Waals surface area contributed by atoms with Crippen LogP contribution in [-0.4, -0.2) is 24.6 Å². The number of carbonyl (C=O) groups excluding carboxylic acids is 2. The lowest BCUT2D eigenvalue weighted by molar-refractivity contribution is -0.176. The lowest BCUT2D eigenvalue weighted by Gasteiger charge is -2.34. The summed E-state index contributed by atoms with van der Waals surface area (Å²) in [5.74, 6) is -0.227. The van der Waals surface area contributed by atoms with Gasteiger partial charge in [0, 0.05) is 25.0 Å². The Bertz CT molecular complexity index is 1110. The van der Waals surface area contributed by atoms with Gasteiger partial charge in [-0.15, -0.1) is 0 Å². The standard InChI is InChI=1S/C23H26O7/c1-6-13-11-16(24)14-7-8-17(15(12-27-5)18(14)28-13)29-20(26)23-10-9-22(4,19(25)30-23)21(23,2)3/h7-8,11H,6,9-10,12H2,1-5H3/t22-,23+/m0/s1. The zero-order valence-electron chi connectivity index (χ0n) is 17.9. The Labute approximate surface area is 174 Å². The third-order valence-electron chi connectivity index (χ3n) is 7.26. The van der Waals surface area contributed by atoms with Crippen molar-refractivity contribution in [1.29, 1.82) is 0 Å². The Morgan fingerprint density at radius 1 is 1.17 bits per heavy atom. The van der Waals surface area contributed by atoms with E-state index in [0.717, 1.165) is 0 Å². The number of hydrogen-bond donors (Lipinski definition) is 0. The predicted octanol–water partition coefficient (Wildman–Crippen LogP) is 3.53. The first-order valence-electron chi connectivity index (χ1n) is 10.1. The fourth-order valence-corrected chi connectivity index (χ4v) is 4.74. The van der Waals surface area contributed by atoms with Crippen LogP contribution in [0.1, 0.15) is 51.9 Å². The molecule has 160 valence electrons. The van der Waals surface area contributed by atoms with Crippen molar-refractivity contribution in [2.24, 2.45) is 10.8 Å². The van der Waals surface area contributed by atoms with Gasteiger partial charge in [0.05, 0.1) is 23.0 Å². The van der Waals surface area contributed by atoms with Crippen LogP contribution in [0.25, 0.3) is 11.0 Å². The Hall–Kier alpha value is -2.67. The van der Waals surface area contributed by atoms with E-state index >= 15 is 0 Å². The highest BCUT2D eigenvalue weighted by Crippen LogP contribution is 2.65. The number of aryl methyl sites for hydroxylation is 1. The molecule has 2 bridgehead atoms. The molecule has 4 rings (SSSR count). The van der Waals surface area contributed by atoms with E-state index in [1.54, 1.807) is 12.1 Å². The van der Waals surface area contributed by atoms with Crippen LogP contribution in [0.2, 0.25) is 0 Å². The zero-order chi connectivity index (χ0) is 21.9. The molecule has 0 amide bonds. The number of methoxy groups -OCH3 is 1. The predicted molar refractivity (Wildman–Crippen MR) is 108 cm³/mol. The van der Waals surface area contributed by atoms with Gasteiger partial charge in [-0.1, -0.05) is 20.8 Å². The van der Waals surface area contributed by atoms with E-state index < -0.39 is 22.4 Å². The Morgan fingerprint density at radius 2 is 1.90 bits per heavy atom. The second-order valence-corrected chi connectivity index (χ2v) is 8.85. The molecule has 1 aliphatic heterocycles. The monoisotopic (exact) mass is 414 g/mol. The topological polar surface area (TPSA) is 92.0 Å². The molecule has 1 saturated carbocycles. The average Bonchev–Trinajstić information content (AvgIpc) is 3.00. The maximum Gasteiger partial charge on any atom is 0.356 e. The number of carbonyl (C=O) groups is 2. The molecule has 2 atom stereocenters. The van der Waals surface area contributed by atoms with Crippen LogP contribution in [0.5, 0.6) is 5.75 Å². The molecule has 7 heteroatoms. The minimum Gasteiger partial charge on any atom is -0.460 e. The van der Waals surface area contributed by atoms with E-state index in [1.807, 2.05) is 27.7 Å². The summed E-state index contributed by atoms with van der Waals surface area (Å²) in [4.78, 5) is 38.3. The molecular formula is C23H26O7. The van der Waals surface area contributed by atoms with Crippen molar-refractivity contribution in [2.45, 2.75) is 59.2 Å². The van der Waals surface area contributed by atoms with Crippen LogP contribution in [0.4, 0.5) is 0 Å². The molecule has 30 heavy (non-hydrogen) atoms. The van der Waals surface area contributed by atoms with E-state index in [9.17, 15) is 14.4 Å². The molecule has 2 aromatic rings. The van der Waals surface area contributed by atoms with E-state index in [2.05, 4.69) is 0 Å². The van der Waals surface area contributed by atoms with Crippen molar-refractivity contribution >= 4 is 22.9 Å². The van der Waals surface area contributed by atoms with E-state index in [0.29, 0.717) is 41.6 Å². The first-order chi connectivity index (χ1) is 14.1. The smallest absolute Gasteiger partial charge is 0.356 e. The number of hydrogen-bond acceptors (Lipinski definition) is 7. The fraction of sp³-hybridized carbons (Fsp3) is 0.522. The molecule has 1 aromatic carbocycles. The molecule has 2 aliphatic rings. The van der Waals surface area contributed by atoms with E-state index in [4.69, 9.17) is 18.6 Å². The molecule has 0 spiro atoms. The summed E-state index contributed by atoms with van der Waals surface area (Å²) in [7, 11) is 1.51. The molecule has 2 heterocycles. The van der Waals surface area contributed by atoms with Gasteiger partial charge >= 0.3 is 11.9 Å². The van der Waals surface area contributed by atoms with Crippen molar-refractivity contribution in [3.8, 4) is 5.75 Å². The van der Waals surface area contributed by atoms with Crippen LogP contribution in [0.15, 0.2) is 27.4 Å². The largest absolute Gasteiger partial charge is 0.460 e. The molecule has 1 aliphatic carbocycles. The SMILES string of the molecule is CCc1cc(=O)c2ccc(OC(=O)[C@@]34CC[C@@](C)(C(=O)O3)C4(C)C)c(COC)c2o1.